The summed E-state index contributed by atoms with van der Waals surface area (Å²) in [6, 6.07) is 17.7. The zero-order valence-corrected chi connectivity index (χ0v) is 17.0. The summed E-state index contributed by atoms with van der Waals surface area (Å²) in [4.78, 5) is 29.8. The van der Waals surface area contributed by atoms with Gasteiger partial charge in [-0.3, -0.25) is 9.36 Å². The van der Waals surface area contributed by atoms with Gasteiger partial charge in [-0.2, -0.15) is 5.10 Å². The lowest BCUT2D eigenvalue weighted by molar-refractivity contribution is -0.127. The van der Waals surface area contributed by atoms with Gasteiger partial charge in [-0.05, 0) is 43.2 Å². The predicted molar refractivity (Wildman–Crippen MR) is 120 cm³/mol. The van der Waals surface area contributed by atoms with E-state index in [4.69, 9.17) is 0 Å². The van der Waals surface area contributed by atoms with Crippen LogP contribution in [0.5, 0.6) is 0 Å². The van der Waals surface area contributed by atoms with Crippen molar-refractivity contribution >= 4 is 23.0 Å². The smallest absolute Gasteiger partial charge is 0.326 e. The lowest BCUT2D eigenvalue weighted by atomic mass is 10.0. The van der Waals surface area contributed by atoms with Gasteiger partial charge in [-0.25, -0.2) is 9.48 Å². The van der Waals surface area contributed by atoms with Gasteiger partial charge in [-0.1, -0.05) is 30.3 Å². The van der Waals surface area contributed by atoms with Gasteiger partial charge in [0.05, 0.1) is 22.9 Å². The Balaban J connectivity index is 1.23. The number of likely N-dealkylation sites (tertiary alicyclic amines) is 1. The van der Waals surface area contributed by atoms with Crippen LogP contribution in [0.25, 0.3) is 22.8 Å². The molecule has 3 heterocycles. The first-order chi connectivity index (χ1) is 15.2. The minimum Gasteiger partial charge on any atom is -0.339 e. The molecule has 0 spiro atoms. The number of H-pyrrole nitrogens is 1. The SMILES string of the molecule is O=C(C=Cc1cnn(-c2ccccc2)c1)N1CCC(n2c(=O)[nH]c3ccccc32)CC1. The largest absolute Gasteiger partial charge is 0.339 e. The number of para-hydroxylation sites is 3. The highest BCUT2D eigenvalue weighted by Gasteiger charge is 2.25. The molecule has 7 nitrogen and oxygen atoms in total. The molecule has 0 aliphatic carbocycles. The number of carbonyl (C=O) groups is 1. The molecule has 1 fully saturated rings. The average Bonchev–Trinajstić information content (AvgIpc) is 3.42. The van der Waals surface area contributed by atoms with Crippen LogP contribution in [0.3, 0.4) is 0 Å². The summed E-state index contributed by atoms with van der Waals surface area (Å²) in [6.45, 7) is 1.26. The number of aromatic amines is 1. The van der Waals surface area contributed by atoms with E-state index in [-0.39, 0.29) is 17.6 Å². The van der Waals surface area contributed by atoms with E-state index in [1.54, 1.807) is 23.0 Å². The first-order valence-corrected chi connectivity index (χ1v) is 10.5. The van der Waals surface area contributed by atoms with E-state index in [2.05, 4.69) is 10.1 Å². The van der Waals surface area contributed by atoms with E-state index >= 15 is 0 Å². The number of amides is 1. The molecule has 2 aromatic heterocycles. The van der Waals surface area contributed by atoms with Crippen molar-refractivity contribution < 1.29 is 4.79 Å². The number of fused-ring (bicyclic) bond motifs is 1. The number of imidazole rings is 1. The molecule has 0 unspecified atom stereocenters. The van der Waals surface area contributed by atoms with E-state index in [1.807, 2.05) is 70.3 Å². The fourth-order valence-corrected chi connectivity index (χ4v) is 4.20. The Hall–Kier alpha value is -3.87. The zero-order valence-electron chi connectivity index (χ0n) is 17.0. The quantitative estimate of drug-likeness (QED) is 0.521. The molecule has 1 aliphatic heterocycles. The fraction of sp³-hybridized carbons (Fsp3) is 0.208. The van der Waals surface area contributed by atoms with Gasteiger partial charge in [-0.15, -0.1) is 0 Å². The molecule has 1 amide bonds. The number of hydrogen-bond acceptors (Lipinski definition) is 3. The molecular formula is C24H23N5O2. The highest BCUT2D eigenvalue weighted by atomic mass is 16.2. The number of piperidine rings is 1. The third-order valence-electron chi connectivity index (χ3n) is 5.81. The van der Waals surface area contributed by atoms with E-state index in [1.165, 1.54) is 0 Å². The second kappa shape index (κ2) is 8.10. The van der Waals surface area contributed by atoms with Crippen LogP contribution in [-0.2, 0) is 4.79 Å². The molecule has 1 aliphatic rings. The number of benzene rings is 2. The lowest BCUT2D eigenvalue weighted by Gasteiger charge is -2.32. The van der Waals surface area contributed by atoms with Gasteiger partial charge in [0.25, 0.3) is 0 Å². The maximum atomic E-state index is 12.7. The number of rotatable bonds is 4. The van der Waals surface area contributed by atoms with Crippen molar-refractivity contribution in [1.82, 2.24) is 24.2 Å². The molecule has 4 aromatic rings. The first kappa shape index (κ1) is 19.1. The minimum atomic E-state index is -0.0821. The van der Waals surface area contributed by atoms with Gasteiger partial charge in [0.2, 0.25) is 5.91 Å². The van der Waals surface area contributed by atoms with Crippen LogP contribution in [0, 0.1) is 0 Å². The van der Waals surface area contributed by atoms with Crippen molar-refractivity contribution in [1.29, 1.82) is 0 Å². The standard InChI is InChI=1S/C24H23N5O2/c30-23(11-10-18-16-25-28(17-18)19-6-2-1-3-7-19)27-14-12-20(13-15-27)29-22-9-5-4-8-21(22)26-24(29)31/h1-11,16-17,20H,12-15H2,(H,26,31). The Labute approximate surface area is 179 Å². The van der Waals surface area contributed by atoms with Gasteiger partial charge >= 0.3 is 5.69 Å². The van der Waals surface area contributed by atoms with Crippen LogP contribution in [-0.4, -0.2) is 43.2 Å². The normalized spacial score (nSPS) is 15.2. The summed E-state index contributed by atoms with van der Waals surface area (Å²) >= 11 is 0. The van der Waals surface area contributed by atoms with E-state index < -0.39 is 0 Å². The molecule has 0 atom stereocenters. The maximum Gasteiger partial charge on any atom is 0.326 e. The molecule has 7 heteroatoms. The van der Waals surface area contributed by atoms with Crippen molar-refractivity contribution in [3.8, 4) is 5.69 Å². The van der Waals surface area contributed by atoms with Crippen LogP contribution in [0.2, 0.25) is 0 Å². The van der Waals surface area contributed by atoms with Crippen molar-refractivity contribution in [2.75, 3.05) is 13.1 Å². The summed E-state index contributed by atoms with van der Waals surface area (Å²) < 4.78 is 3.62. The van der Waals surface area contributed by atoms with E-state index in [9.17, 15) is 9.59 Å². The lowest BCUT2D eigenvalue weighted by Crippen LogP contribution is -2.39. The van der Waals surface area contributed by atoms with Crippen LogP contribution in [0.15, 0.2) is 77.9 Å². The van der Waals surface area contributed by atoms with Crippen LogP contribution < -0.4 is 5.69 Å². The van der Waals surface area contributed by atoms with Gasteiger partial charge in [0.15, 0.2) is 0 Å². The van der Waals surface area contributed by atoms with Crippen LogP contribution >= 0.6 is 0 Å². The van der Waals surface area contributed by atoms with Gasteiger partial charge in [0, 0.05) is 37.0 Å². The van der Waals surface area contributed by atoms with Crippen LogP contribution in [0.4, 0.5) is 0 Å². The van der Waals surface area contributed by atoms with Crippen molar-refractivity contribution in [2.24, 2.45) is 0 Å². The average molecular weight is 413 g/mol. The summed E-state index contributed by atoms with van der Waals surface area (Å²) in [6.07, 6.45) is 8.55. The Kier molecular flexibility index (Phi) is 5.00. The van der Waals surface area contributed by atoms with Gasteiger partial charge in [0.1, 0.15) is 0 Å². The van der Waals surface area contributed by atoms with Crippen molar-refractivity contribution in [2.45, 2.75) is 18.9 Å². The Bertz CT molecular complexity index is 1290. The summed E-state index contributed by atoms with van der Waals surface area (Å²) in [5.41, 5.74) is 3.54. The van der Waals surface area contributed by atoms with Gasteiger partial charge < -0.3 is 9.88 Å². The predicted octanol–water partition coefficient (Wildman–Crippen LogP) is 3.39. The minimum absolute atomic E-state index is 0.0165. The molecule has 0 saturated carbocycles. The molecular weight excluding hydrogens is 390 g/mol. The zero-order chi connectivity index (χ0) is 21.2. The third-order valence-corrected chi connectivity index (χ3v) is 5.81. The molecule has 31 heavy (non-hydrogen) atoms. The van der Waals surface area contributed by atoms with E-state index in [0.29, 0.717) is 13.1 Å². The molecule has 2 aromatic carbocycles. The third kappa shape index (κ3) is 3.82. The Morgan fingerprint density at radius 1 is 1.03 bits per heavy atom. The monoisotopic (exact) mass is 413 g/mol. The number of aromatic nitrogens is 4. The maximum absolute atomic E-state index is 12.7. The van der Waals surface area contributed by atoms with Crippen molar-refractivity contribution in [3.05, 3.63) is 89.1 Å². The number of nitrogens with one attached hydrogen (secondary N) is 1. The number of nitrogens with zero attached hydrogens (tertiary/aromatic N) is 4. The molecule has 1 N–H and O–H groups in total. The Morgan fingerprint density at radius 3 is 2.58 bits per heavy atom. The topological polar surface area (TPSA) is 75.9 Å². The fourth-order valence-electron chi connectivity index (χ4n) is 4.20. The van der Waals surface area contributed by atoms with Crippen LogP contribution in [0.1, 0.15) is 24.4 Å². The Morgan fingerprint density at radius 2 is 1.77 bits per heavy atom. The summed E-state index contributed by atoms with van der Waals surface area (Å²) in [5.74, 6) is -0.0165. The summed E-state index contributed by atoms with van der Waals surface area (Å²) in [5, 5.41) is 4.35. The second-order valence-electron chi connectivity index (χ2n) is 7.76. The summed E-state index contributed by atoms with van der Waals surface area (Å²) in [7, 11) is 0. The highest BCUT2D eigenvalue weighted by Crippen LogP contribution is 2.25. The van der Waals surface area contributed by atoms with Crippen molar-refractivity contribution in [3.63, 3.8) is 0 Å². The first-order valence-electron chi connectivity index (χ1n) is 10.5. The number of hydrogen-bond donors (Lipinski definition) is 1. The molecule has 0 radical (unpaired) electrons. The highest BCUT2D eigenvalue weighted by molar-refractivity contribution is 5.91. The van der Waals surface area contributed by atoms with E-state index in [0.717, 1.165) is 35.1 Å². The second-order valence-corrected chi connectivity index (χ2v) is 7.76. The molecule has 5 rings (SSSR count). The molecule has 156 valence electrons. The molecule has 1 saturated heterocycles. The number of carbonyl (C=O) groups excluding carboxylic acids is 1. The molecule has 0 bridgehead atoms.